The van der Waals surface area contributed by atoms with E-state index in [4.69, 9.17) is 0 Å². The number of rotatable bonds is 5. The molecule has 0 aliphatic heterocycles. The zero-order valence-corrected chi connectivity index (χ0v) is 13.5. The normalized spacial score (nSPS) is 11.0. The summed E-state index contributed by atoms with van der Waals surface area (Å²) in [5.74, 6) is 0. The molecule has 1 aromatic carbocycles. The van der Waals surface area contributed by atoms with E-state index in [1.165, 1.54) is 5.69 Å². The number of anilines is 1. The lowest BCUT2D eigenvalue weighted by Crippen LogP contribution is -2.09. The van der Waals surface area contributed by atoms with Crippen molar-refractivity contribution in [2.75, 3.05) is 5.32 Å². The quantitative estimate of drug-likeness (QED) is 0.753. The predicted octanol–water partition coefficient (Wildman–Crippen LogP) is 4.22. The van der Waals surface area contributed by atoms with Crippen LogP contribution in [0.5, 0.6) is 0 Å². The summed E-state index contributed by atoms with van der Waals surface area (Å²) in [5, 5.41) is 8.94. The number of para-hydroxylation sites is 1. The highest BCUT2D eigenvalue weighted by molar-refractivity contribution is 9.10. The van der Waals surface area contributed by atoms with Gasteiger partial charge >= 0.3 is 0 Å². The van der Waals surface area contributed by atoms with Crippen LogP contribution in [0.2, 0.25) is 0 Å². The van der Waals surface area contributed by atoms with E-state index in [0.717, 1.165) is 40.6 Å². The Morgan fingerprint density at radius 3 is 3.05 bits per heavy atom. The molecular formula is C16H17BrN4. The van der Waals surface area contributed by atoms with E-state index in [2.05, 4.69) is 62.5 Å². The van der Waals surface area contributed by atoms with Crippen molar-refractivity contribution < 1.29 is 0 Å². The summed E-state index contributed by atoms with van der Waals surface area (Å²) in [7, 11) is 0. The summed E-state index contributed by atoms with van der Waals surface area (Å²) in [6, 6.07) is 10.3. The standard InChI is InChI=1S/C16H17BrN4/c1-2-8-21-14(6-7-20-21)11-18-15-5-3-4-12-9-13(17)10-19-16(12)15/h3-7,9-10,18H,2,8,11H2,1H3. The molecule has 108 valence electrons. The highest BCUT2D eigenvalue weighted by Gasteiger charge is 2.05. The van der Waals surface area contributed by atoms with Crippen molar-refractivity contribution >= 4 is 32.5 Å². The molecule has 21 heavy (non-hydrogen) atoms. The predicted molar refractivity (Wildman–Crippen MR) is 89.3 cm³/mol. The fourth-order valence-corrected chi connectivity index (χ4v) is 2.73. The number of pyridine rings is 1. The van der Waals surface area contributed by atoms with Crippen LogP contribution in [0.3, 0.4) is 0 Å². The molecule has 0 atom stereocenters. The molecule has 1 N–H and O–H groups in total. The molecule has 0 spiro atoms. The van der Waals surface area contributed by atoms with Crippen molar-refractivity contribution in [3.8, 4) is 0 Å². The van der Waals surface area contributed by atoms with E-state index in [-0.39, 0.29) is 0 Å². The number of nitrogens with one attached hydrogen (secondary N) is 1. The number of nitrogens with zero attached hydrogens (tertiary/aromatic N) is 3. The van der Waals surface area contributed by atoms with E-state index in [0.29, 0.717) is 0 Å². The van der Waals surface area contributed by atoms with Gasteiger partial charge in [-0.25, -0.2) is 0 Å². The molecule has 2 aromatic heterocycles. The van der Waals surface area contributed by atoms with Gasteiger partial charge in [0.1, 0.15) is 0 Å². The second-order valence-electron chi connectivity index (χ2n) is 4.93. The third-order valence-corrected chi connectivity index (χ3v) is 3.81. The van der Waals surface area contributed by atoms with E-state index in [1.54, 1.807) is 0 Å². The Kier molecular flexibility index (Phi) is 4.20. The summed E-state index contributed by atoms with van der Waals surface area (Å²) in [5.41, 5.74) is 3.22. The summed E-state index contributed by atoms with van der Waals surface area (Å²) in [4.78, 5) is 4.51. The van der Waals surface area contributed by atoms with Crippen molar-refractivity contribution in [1.82, 2.24) is 14.8 Å². The minimum atomic E-state index is 0.747. The number of hydrogen-bond acceptors (Lipinski definition) is 3. The van der Waals surface area contributed by atoms with Gasteiger partial charge in [-0.05, 0) is 40.5 Å². The van der Waals surface area contributed by atoms with E-state index >= 15 is 0 Å². The first kappa shape index (κ1) is 14.1. The van der Waals surface area contributed by atoms with Crippen molar-refractivity contribution in [3.05, 3.63) is 52.9 Å². The minimum absolute atomic E-state index is 0.747. The summed E-state index contributed by atoms with van der Waals surface area (Å²) in [6.45, 7) is 3.85. The zero-order chi connectivity index (χ0) is 14.7. The Bertz CT molecular complexity index is 751. The fraction of sp³-hybridized carbons (Fsp3) is 0.250. The van der Waals surface area contributed by atoms with Gasteiger partial charge in [-0.15, -0.1) is 0 Å². The molecule has 4 nitrogen and oxygen atoms in total. The molecule has 0 aliphatic rings. The largest absolute Gasteiger partial charge is 0.378 e. The topological polar surface area (TPSA) is 42.7 Å². The third-order valence-electron chi connectivity index (χ3n) is 3.38. The summed E-state index contributed by atoms with van der Waals surface area (Å²) < 4.78 is 3.04. The van der Waals surface area contributed by atoms with Crippen LogP contribution in [0.15, 0.2) is 47.2 Å². The Morgan fingerprint density at radius 1 is 1.29 bits per heavy atom. The van der Waals surface area contributed by atoms with E-state index < -0.39 is 0 Å². The zero-order valence-electron chi connectivity index (χ0n) is 11.9. The lowest BCUT2D eigenvalue weighted by atomic mass is 10.2. The van der Waals surface area contributed by atoms with Crippen LogP contribution in [-0.4, -0.2) is 14.8 Å². The second-order valence-corrected chi connectivity index (χ2v) is 5.85. The Labute approximate surface area is 132 Å². The van der Waals surface area contributed by atoms with Crippen molar-refractivity contribution in [2.45, 2.75) is 26.4 Å². The molecule has 3 aromatic rings. The highest BCUT2D eigenvalue weighted by Crippen LogP contribution is 2.24. The summed E-state index contributed by atoms with van der Waals surface area (Å²) in [6.07, 6.45) is 4.76. The number of aromatic nitrogens is 3. The Morgan fingerprint density at radius 2 is 2.19 bits per heavy atom. The maximum atomic E-state index is 4.51. The van der Waals surface area contributed by atoms with Crippen LogP contribution < -0.4 is 5.32 Å². The van der Waals surface area contributed by atoms with Gasteiger partial charge in [0.15, 0.2) is 0 Å². The third kappa shape index (κ3) is 3.08. The minimum Gasteiger partial charge on any atom is -0.378 e. The molecular weight excluding hydrogens is 328 g/mol. The molecule has 0 aliphatic carbocycles. The van der Waals surface area contributed by atoms with Crippen LogP contribution in [-0.2, 0) is 13.1 Å². The number of benzene rings is 1. The monoisotopic (exact) mass is 344 g/mol. The first-order chi connectivity index (χ1) is 10.3. The molecule has 0 radical (unpaired) electrons. The van der Waals surface area contributed by atoms with Crippen molar-refractivity contribution in [3.63, 3.8) is 0 Å². The van der Waals surface area contributed by atoms with Gasteiger partial charge in [-0.2, -0.15) is 5.10 Å². The molecule has 0 unspecified atom stereocenters. The first-order valence-electron chi connectivity index (χ1n) is 7.07. The van der Waals surface area contributed by atoms with E-state index in [9.17, 15) is 0 Å². The van der Waals surface area contributed by atoms with Crippen molar-refractivity contribution in [2.24, 2.45) is 0 Å². The lowest BCUT2D eigenvalue weighted by Gasteiger charge is -2.11. The average molecular weight is 345 g/mol. The molecule has 0 fully saturated rings. The van der Waals surface area contributed by atoms with Crippen molar-refractivity contribution in [1.29, 1.82) is 0 Å². The van der Waals surface area contributed by atoms with Gasteiger partial charge in [0.25, 0.3) is 0 Å². The highest BCUT2D eigenvalue weighted by atomic mass is 79.9. The maximum absolute atomic E-state index is 4.51. The SMILES string of the molecule is CCCn1nccc1CNc1cccc2cc(Br)cnc12. The molecule has 5 heteroatoms. The van der Waals surface area contributed by atoms with Crippen LogP contribution in [0, 0.1) is 0 Å². The molecule has 0 saturated heterocycles. The Hall–Kier alpha value is -1.88. The fourth-order valence-electron chi connectivity index (χ4n) is 2.39. The van der Waals surface area contributed by atoms with Crippen LogP contribution in [0.25, 0.3) is 10.9 Å². The Balaban J connectivity index is 1.83. The number of halogens is 1. The smallest absolute Gasteiger partial charge is 0.0934 e. The van der Waals surface area contributed by atoms with Crippen LogP contribution in [0.4, 0.5) is 5.69 Å². The van der Waals surface area contributed by atoms with Crippen LogP contribution >= 0.6 is 15.9 Å². The van der Waals surface area contributed by atoms with E-state index in [1.807, 2.05) is 23.1 Å². The van der Waals surface area contributed by atoms with Gasteiger partial charge in [0.2, 0.25) is 0 Å². The van der Waals surface area contributed by atoms with Gasteiger partial charge < -0.3 is 5.32 Å². The van der Waals surface area contributed by atoms with Gasteiger partial charge in [0.05, 0.1) is 23.4 Å². The number of hydrogen-bond donors (Lipinski definition) is 1. The molecule has 0 bridgehead atoms. The second kappa shape index (κ2) is 6.26. The molecule has 0 saturated carbocycles. The van der Waals surface area contributed by atoms with Gasteiger partial charge in [-0.3, -0.25) is 9.67 Å². The molecule has 3 rings (SSSR count). The molecule has 2 heterocycles. The first-order valence-corrected chi connectivity index (χ1v) is 7.86. The number of fused-ring (bicyclic) bond motifs is 1. The van der Waals surface area contributed by atoms with Gasteiger partial charge in [-0.1, -0.05) is 19.1 Å². The van der Waals surface area contributed by atoms with Crippen LogP contribution in [0.1, 0.15) is 19.0 Å². The number of aryl methyl sites for hydroxylation is 1. The summed E-state index contributed by atoms with van der Waals surface area (Å²) >= 11 is 3.46. The average Bonchev–Trinajstić information content (AvgIpc) is 2.92. The molecule has 0 amide bonds. The van der Waals surface area contributed by atoms with Gasteiger partial charge in [0, 0.05) is 28.8 Å². The maximum Gasteiger partial charge on any atom is 0.0934 e. The lowest BCUT2D eigenvalue weighted by molar-refractivity contribution is 0.578.